The lowest BCUT2D eigenvalue weighted by molar-refractivity contribution is 0.0725. The molecule has 1 aliphatic heterocycles. The van der Waals surface area contributed by atoms with Gasteiger partial charge in [-0.2, -0.15) is 0 Å². The Labute approximate surface area is 151 Å². The van der Waals surface area contributed by atoms with Crippen LogP contribution in [0.3, 0.4) is 0 Å². The molecule has 0 aliphatic carbocycles. The zero-order valence-electron chi connectivity index (χ0n) is 14.4. The Balaban J connectivity index is 1.57. The van der Waals surface area contributed by atoms with Crippen LogP contribution in [0.4, 0.5) is 14.6 Å². The summed E-state index contributed by atoms with van der Waals surface area (Å²) in [7, 11) is 0. The number of piperidine rings is 1. The van der Waals surface area contributed by atoms with Crippen LogP contribution in [0, 0.1) is 11.6 Å². The van der Waals surface area contributed by atoms with Crippen molar-refractivity contribution < 1.29 is 18.3 Å². The number of halogens is 2. The first-order valence-corrected chi connectivity index (χ1v) is 8.71. The van der Waals surface area contributed by atoms with Crippen LogP contribution in [0.25, 0.3) is 0 Å². The van der Waals surface area contributed by atoms with E-state index in [0.717, 1.165) is 44.5 Å². The lowest BCUT2D eigenvalue weighted by Gasteiger charge is -2.27. The molecule has 0 radical (unpaired) electrons. The number of hydrogen-bond donors (Lipinski definition) is 1. The second-order valence-electron chi connectivity index (χ2n) is 6.10. The van der Waals surface area contributed by atoms with E-state index in [-0.39, 0.29) is 18.3 Å². The van der Waals surface area contributed by atoms with E-state index in [1.165, 1.54) is 6.07 Å². The second kappa shape index (κ2) is 8.60. The molecular weight excluding hydrogens is 340 g/mol. The zero-order valence-corrected chi connectivity index (χ0v) is 14.4. The molecule has 5 nitrogen and oxygen atoms in total. The first kappa shape index (κ1) is 18.1. The van der Waals surface area contributed by atoms with Crippen LogP contribution in [0.2, 0.25) is 0 Å². The SMILES string of the molecule is O=C(c1cccnc1NCCOc1ccc(F)cc1F)N1CCCCC1. The van der Waals surface area contributed by atoms with Crippen molar-refractivity contribution in [2.24, 2.45) is 0 Å². The quantitative estimate of drug-likeness (QED) is 0.801. The van der Waals surface area contributed by atoms with E-state index in [0.29, 0.717) is 17.9 Å². The molecule has 1 aromatic carbocycles. The Kier molecular flexibility index (Phi) is 5.99. The highest BCUT2D eigenvalue weighted by molar-refractivity contribution is 5.98. The Morgan fingerprint density at radius 3 is 2.77 bits per heavy atom. The standard InChI is InChI=1S/C19H21F2N3O2/c20-14-6-7-17(16(21)13-14)26-12-9-23-18-15(5-4-8-22-18)19(25)24-10-2-1-3-11-24/h4-8,13H,1-3,9-12H2,(H,22,23). The third-order valence-electron chi connectivity index (χ3n) is 4.23. The van der Waals surface area contributed by atoms with E-state index in [9.17, 15) is 13.6 Å². The molecule has 1 aromatic heterocycles. The molecule has 138 valence electrons. The molecule has 7 heteroatoms. The molecule has 0 saturated carbocycles. The molecule has 26 heavy (non-hydrogen) atoms. The Hall–Kier alpha value is -2.70. The van der Waals surface area contributed by atoms with E-state index in [4.69, 9.17) is 4.74 Å². The van der Waals surface area contributed by atoms with E-state index < -0.39 is 11.6 Å². The van der Waals surface area contributed by atoms with Crippen LogP contribution in [-0.2, 0) is 0 Å². The average Bonchev–Trinajstić information content (AvgIpc) is 2.67. The molecule has 1 aliphatic rings. The fourth-order valence-corrected chi connectivity index (χ4v) is 2.91. The highest BCUT2D eigenvalue weighted by Crippen LogP contribution is 2.19. The van der Waals surface area contributed by atoms with Gasteiger partial charge in [-0.3, -0.25) is 4.79 Å². The summed E-state index contributed by atoms with van der Waals surface area (Å²) in [6.45, 7) is 2.00. The van der Waals surface area contributed by atoms with Crippen LogP contribution in [0.1, 0.15) is 29.6 Å². The number of likely N-dealkylation sites (tertiary alicyclic amines) is 1. The van der Waals surface area contributed by atoms with E-state index in [1.54, 1.807) is 18.3 Å². The topological polar surface area (TPSA) is 54.5 Å². The van der Waals surface area contributed by atoms with Gasteiger partial charge in [-0.05, 0) is 43.5 Å². The summed E-state index contributed by atoms with van der Waals surface area (Å²) in [5.41, 5.74) is 0.516. The van der Waals surface area contributed by atoms with Crippen molar-refractivity contribution in [1.82, 2.24) is 9.88 Å². The number of pyridine rings is 1. The predicted octanol–water partition coefficient (Wildman–Crippen LogP) is 3.48. The van der Waals surface area contributed by atoms with Crippen LogP contribution >= 0.6 is 0 Å². The Bertz CT molecular complexity index is 764. The summed E-state index contributed by atoms with van der Waals surface area (Å²) in [5, 5.41) is 3.05. The first-order chi connectivity index (χ1) is 12.6. The van der Waals surface area contributed by atoms with Crippen molar-refractivity contribution in [3.8, 4) is 5.75 Å². The van der Waals surface area contributed by atoms with Gasteiger partial charge in [-0.1, -0.05) is 0 Å². The minimum absolute atomic E-state index is 0.0150. The van der Waals surface area contributed by atoms with Gasteiger partial charge in [-0.25, -0.2) is 13.8 Å². The van der Waals surface area contributed by atoms with Crippen molar-refractivity contribution in [3.05, 3.63) is 53.7 Å². The number of aromatic nitrogens is 1. The van der Waals surface area contributed by atoms with Gasteiger partial charge in [-0.15, -0.1) is 0 Å². The maximum Gasteiger partial charge on any atom is 0.257 e. The molecule has 1 N–H and O–H groups in total. The Morgan fingerprint density at radius 1 is 1.19 bits per heavy atom. The molecule has 2 aromatic rings. The van der Waals surface area contributed by atoms with Crippen molar-refractivity contribution in [1.29, 1.82) is 0 Å². The third kappa shape index (κ3) is 4.47. The number of nitrogens with zero attached hydrogens (tertiary/aromatic N) is 2. The summed E-state index contributed by atoms with van der Waals surface area (Å²) in [5.74, 6) is -0.970. The van der Waals surface area contributed by atoms with Crippen molar-refractivity contribution in [3.63, 3.8) is 0 Å². The summed E-state index contributed by atoms with van der Waals surface area (Å²) < 4.78 is 31.7. The van der Waals surface area contributed by atoms with Crippen molar-refractivity contribution in [2.75, 3.05) is 31.6 Å². The van der Waals surface area contributed by atoms with Gasteiger partial charge in [0.05, 0.1) is 12.1 Å². The molecule has 0 unspecified atom stereocenters. The van der Waals surface area contributed by atoms with Crippen molar-refractivity contribution >= 4 is 11.7 Å². The van der Waals surface area contributed by atoms with E-state index in [2.05, 4.69) is 10.3 Å². The van der Waals surface area contributed by atoms with Gasteiger partial charge in [0.2, 0.25) is 0 Å². The monoisotopic (exact) mass is 361 g/mol. The third-order valence-corrected chi connectivity index (χ3v) is 4.23. The minimum atomic E-state index is -0.746. The number of anilines is 1. The number of rotatable bonds is 6. The number of amides is 1. The second-order valence-corrected chi connectivity index (χ2v) is 6.10. The van der Waals surface area contributed by atoms with E-state index >= 15 is 0 Å². The summed E-state index contributed by atoms with van der Waals surface area (Å²) >= 11 is 0. The maximum absolute atomic E-state index is 13.5. The van der Waals surface area contributed by atoms with Gasteiger partial charge >= 0.3 is 0 Å². The predicted molar refractivity (Wildman–Crippen MR) is 94.3 cm³/mol. The summed E-state index contributed by atoms with van der Waals surface area (Å²) in [6.07, 6.45) is 4.80. The molecule has 0 spiro atoms. The number of hydrogen-bond acceptors (Lipinski definition) is 4. The van der Waals surface area contributed by atoms with Crippen molar-refractivity contribution in [2.45, 2.75) is 19.3 Å². The average molecular weight is 361 g/mol. The number of carbonyl (C=O) groups is 1. The molecule has 2 heterocycles. The van der Waals surface area contributed by atoms with Crippen LogP contribution in [-0.4, -0.2) is 42.0 Å². The van der Waals surface area contributed by atoms with Gasteiger partial charge in [0, 0.05) is 25.4 Å². The van der Waals surface area contributed by atoms with Crippen LogP contribution < -0.4 is 10.1 Å². The van der Waals surface area contributed by atoms with Crippen LogP contribution in [0.15, 0.2) is 36.5 Å². The molecular formula is C19H21F2N3O2. The molecule has 1 amide bonds. The number of benzene rings is 1. The fourth-order valence-electron chi connectivity index (χ4n) is 2.91. The summed E-state index contributed by atoms with van der Waals surface area (Å²) in [6, 6.07) is 6.63. The smallest absolute Gasteiger partial charge is 0.257 e. The maximum atomic E-state index is 13.5. The highest BCUT2D eigenvalue weighted by Gasteiger charge is 2.21. The Morgan fingerprint density at radius 2 is 2.00 bits per heavy atom. The molecule has 0 atom stereocenters. The molecule has 1 saturated heterocycles. The minimum Gasteiger partial charge on any atom is -0.489 e. The van der Waals surface area contributed by atoms with Gasteiger partial charge in [0.1, 0.15) is 18.2 Å². The zero-order chi connectivity index (χ0) is 18.4. The fraction of sp³-hybridized carbons (Fsp3) is 0.368. The van der Waals surface area contributed by atoms with Gasteiger partial charge < -0.3 is 15.0 Å². The molecule has 3 rings (SSSR count). The molecule has 1 fully saturated rings. The highest BCUT2D eigenvalue weighted by atomic mass is 19.1. The van der Waals surface area contributed by atoms with Gasteiger partial charge in [0.25, 0.3) is 5.91 Å². The largest absolute Gasteiger partial charge is 0.489 e. The molecule has 0 bridgehead atoms. The van der Waals surface area contributed by atoms with Gasteiger partial charge in [0.15, 0.2) is 11.6 Å². The number of carbonyl (C=O) groups excluding carboxylic acids is 1. The lowest BCUT2D eigenvalue weighted by Crippen LogP contribution is -2.36. The normalized spacial score (nSPS) is 14.2. The lowest BCUT2D eigenvalue weighted by atomic mass is 10.1. The number of ether oxygens (including phenoxy) is 1. The van der Waals surface area contributed by atoms with Crippen LogP contribution in [0.5, 0.6) is 5.75 Å². The van der Waals surface area contributed by atoms with E-state index in [1.807, 2.05) is 4.90 Å². The summed E-state index contributed by atoms with van der Waals surface area (Å²) in [4.78, 5) is 18.8. The first-order valence-electron chi connectivity index (χ1n) is 8.71. The number of nitrogens with one attached hydrogen (secondary N) is 1.